The van der Waals surface area contributed by atoms with Crippen LogP contribution in [0.25, 0.3) is 0 Å². The Hall–Kier alpha value is -3.97. The highest BCUT2D eigenvalue weighted by Gasteiger charge is 2.31. The number of nitrogens with one attached hydrogen (secondary N) is 3. The van der Waals surface area contributed by atoms with Gasteiger partial charge in [0.1, 0.15) is 17.7 Å². The fourth-order valence-electron chi connectivity index (χ4n) is 3.62. The molecule has 1 fully saturated rings. The predicted molar refractivity (Wildman–Crippen MR) is 143 cm³/mol. The van der Waals surface area contributed by atoms with Crippen LogP contribution >= 0.6 is 0 Å². The van der Waals surface area contributed by atoms with Gasteiger partial charge in [-0.15, -0.1) is 0 Å². The van der Waals surface area contributed by atoms with Crippen molar-refractivity contribution in [2.45, 2.75) is 31.8 Å². The van der Waals surface area contributed by atoms with Crippen LogP contribution in [-0.2, 0) is 9.59 Å². The van der Waals surface area contributed by atoms with Gasteiger partial charge in [0.25, 0.3) is 0 Å². The standard InChI is InChI=1S/C27H34FN7O2/c1-18(35(5)24(36)10-7-13-34(3)4)26(37)31-23-14-19(15-23)11-12-20-17-30-27(33-25(20)29-2)32-22-9-6-8-21(28)16-22/h6-10,16-19,23H,13-15H2,1-5H3,(H,31,37)(H2,29,30,32,33)/b10-7+/t18-,19-,23-/m0/s1. The Labute approximate surface area is 217 Å². The van der Waals surface area contributed by atoms with Gasteiger partial charge in [0.15, 0.2) is 0 Å². The second-order valence-corrected chi connectivity index (χ2v) is 9.27. The summed E-state index contributed by atoms with van der Waals surface area (Å²) in [5, 5.41) is 9.00. The summed E-state index contributed by atoms with van der Waals surface area (Å²) in [5.41, 5.74) is 1.20. The number of hydrogen-bond donors (Lipinski definition) is 3. The van der Waals surface area contributed by atoms with E-state index in [1.54, 1.807) is 45.4 Å². The summed E-state index contributed by atoms with van der Waals surface area (Å²) in [7, 11) is 7.21. The molecule has 3 rings (SSSR count). The van der Waals surface area contributed by atoms with Crippen LogP contribution in [-0.4, -0.2) is 78.4 Å². The summed E-state index contributed by atoms with van der Waals surface area (Å²) in [5.74, 6) is 6.65. The van der Waals surface area contributed by atoms with Gasteiger partial charge in [-0.2, -0.15) is 4.98 Å². The van der Waals surface area contributed by atoms with Crippen molar-refractivity contribution in [3.8, 4) is 11.8 Å². The third kappa shape index (κ3) is 8.02. The molecule has 2 aromatic rings. The topological polar surface area (TPSA) is 102 Å². The lowest BCUT2D eigenvalue weighted by Crippen LogP contribution is -2.51. The van der Waals surface area contributed by atoms with Gasteiger partial charge in [-0.3, -0.25) is 9.59 Å². The van der Waals surface area contributed by atoms with Gasteiger partial charge >= 0.3 is 0 Å². The van der Waals surface area contributed by atoms with Gasteiger partial charge in [0, 0.05) is 44.4 Å². The molecular formula is C27H34FN7O2. The number of nitrogens with zero attached hydrogens (tertiary/aromatic N) is 4. The lowest BCUT2D eigenvalue weighted by molar-refractivity contribution is -0.135. The Morgan fingerprint density at radius 2 is 2.03 bits per heavy atom. The van der Waals surface area contributed by atoms with E-state index in [4.69, 9.17) is 0 Å². The first-order chi connectivity index (χ1) is 17.7. The van der Waals surface area contributed by atoms with Crippen LogP contribution in [0.4, 0.5) is 21.8 Å². The number of hydrogen-bond acceptors (Lipinski definition) is 7. The molecule has 0 bridgehead atoms. The van der Waals surface area contributed by atoms with Crippen molar-refractivity contribution in [2.75, 3.05) is 45.4 Å². The first-order valence-electron chi connectivity index (χ1n) is 12.1. The van der Waals surface area contributed by atoms with Gasteiger partial charge in [-0.1, -0.05) is 24.0 Å². The average molecular weight is 508 g/mol. The SMILES string of the molecule is CNc1nc(Nc2cccc(F)c2)ncc1C#C[C@H]1C[C@H](NC(=O)[C@H](C)N(C)C(=O)/C=C/CN(C)C)C1. The van der Waals surface area contributed by atoms with Crippen LogP contribution in [0.1, 0.15) is 25.3 Å². The van der Waals surface area contributed by atoms with Gasteiger partial charge < -0.3 is 25.8 Å². The number of aromatic nitrogens is 2. The molecule has 0 radical (unpaired) electrons. The van der Waals surface area contributed by atoms with Gasteiger partial charge in [0.2, 0.25) is 17.8 Å². The zero-order chi connectivity index (χ0) is 26.9. The van der Waals surface area contributed by atoms with Crippen molar-refractivity contribution in [3.05, 3.63) is 54.0 Å². The van der Waals surface area contributed by atoms with E-state index in [9.17, 15) is 14.0 Å². The van der Waals surface area contributed by atoms with E-state index < -0.39 is 6.04 Å². The zero-order valence-corrected chi connectivity index (χ0v) is 21.9. The minimum absolute atomic E-state index is 0.0277. The molecule has 1 aliphatic rings. The normalized spacial score (nSPS) is 17.4. The minimum atomic E-state index is -0.573. The molecule has 10 heteroatoms. The molecule has 0 saturated heterocycles. The molecular weight excluding hydrogens is 473 g/mol. The predicted octanol–water partition coefficient (Wildman–Crippen LogP) is 2.61. The maximum absolute atomic E-state index is 13.4. The van der Waals surface area contributed by atoms with Crippen LogP contribution in [0.3, 0.4) is 0 Å². The fraction of sp³-hybridized carbons (Fsp3) is 0.407. The molecule has 3 N–H and O–H groups in total. The van der Waals surface area contributed by atoms with Crippen LogP contribution < -0.4 is 16.0 Å². The summed E-state index contributed by atoms with van der Waals surface area (Å²) in [6, 6.07) is 5.52. The largest absolute Gasteiger partial charge is 0.372 e. The highest BCUT2D eigenvalue weighted by atomic mass is 19.1. The molecule has 1 aromatic heterocycles. The van der Waals surface area contributed by atoms with Crippen molar-refractivity contribution in [1.82, 2.24) is 25.1 Å². The summed E-state index contributed by atoms with van der Waals surface area (Å²) in [6.45, 7) is 2.37. The number of halogens is 1. The Morgan fingerprint density at radius 3 is 2.70 bits per heavy atom. The Morgan fingerprint density at radius 1 is 1.27 bits per heavy atom. The van der Waals surface area contributed by atoms with Crippen LogP contribution in [0.2, 0.25) is 0 Å². The van der Waals surface area contributed by atoms with E-state index in [2.05, 4.69) is 37.8 Å². The van der Waals surface area contributed by atoms with E-state index in [1.807, 2.05) is 19.0 Å². The van der Waals surface area contributed by atoms with Crippen LogP contribution in [0.5, 0.6) is 0 Å². The van der Waals surface area contributed by atoms with E-state index in [-0.39, 0.29) is 29.6 Å². The molecule has 1 saturated carbocycles. The number of likely N-dealkylation sites (N-methyl/N-ethyl adjacent to an activating group) is 2. The van der Waals surface area contributed by atoms with Gasteiger partial charge in [0.05, 0.1) is 11.8 Å². The second kappa shape index (κ2) is 12.8. The highest BCUT2D eigenvalue weighted by molar-refractivity contribution is 5.92. The summed E-state index contributed by atoms with van der Waals surface area (Å²) in [4.78, 5) is 37.0. The summed E-state index contributed by atoms with van der Waals surface area (Å²) in [6.07, 6.45) is 6.36. The number of carbonyl (C=O) groups is 2. The quantitative estimate of drug-likeness (QED) is 0.354. The van der Waals surface area contributed by atoms with Crippen molar-refractivity contribution in [1.29, 1.82) is 0 Å². The number of benzene rings is 1. The fourth-order valence-corrected chi connectivity index (χ4v) is 3.62. The van der Waals surface area contributed by atoms with E-state index in [0.29, 0.717) is 29.6 Å². The smallest absolute Gasteiger partial charge is 0.246 e. The van der Waals surface area contributed by atoms with Crippen molar-refractivity contribution < 1.29 is 14.0 Å². The summed E-state index contributed by atoms with van der Waals surface area (Å²) >= 11 is 0. The lowest BCUT2D eigenvalue weighted by atomic mass is 9.80. The molecule has 1 aromatic carbocycles. The molecule has 1 atom stereocenters. The maximum Gasteiger partial charge on any atom is 0.246 e. The molecule has 1 heterocycles. The third-order valence-electron chi connectivity index (χ3n) is 6.04. The van der Waals surface area contributed by atoms with Gasteiger partial charge in [-0.05, 0) is 52.1 Å². The first kappa shape index (κ1) is 27.6. The molecule has 1 aliphatic carbocycles. The lowest BCUT2D eigenvalue weighted by Gasteiger charge is -2.34. The van der Waals surface area contributed by atoms with Crippen molar-refractivity contribution in [2.24, 2.45) is 5.92 Å². The highest BCUT2D eigenvalue weighted by Crippen LogP contribution is 2.27. The Kier molecular flexibility index (Phi) is 9.57. The Balaban J connectivity index is 1.50. The number of anilines is 3. The average Bonchev–Trinajstić information content (AvgIpc) is 2.84. The van der Waals surface area contributed by atoms with E-state index in [1.165, 1.54) is 23.1 Å². The monoisotopic (exact) mass is 507 g/mol. The van der Waals surface area contributed by atoms with E-state index >= 15 is 0 Å². The van der Waals surface area contributed by atoms with Crippen molar-refractivity contribution in [3.63, 3.8) is 0 Å². The molecule has 37 heavy (non-hydrogen) atoms. The molecule has 0 aliphatic heterocycles. The Bertz CT molecular complexity index is 1200. The minimum Gasteiger partial charge on any atom is -0.372 e. The second-order valence-electron chi connectivity index (χ2n) is 9.27. The first-order valence-corrected chi connectivity index (χ1v) is 12.1. The van der Waals surface area contributed by atoms with Crippen molar-refractivity contribution >= 4 is 29.3 Å². The molecule has 9 nitrogen and oxygen atoms in total. The van der Waals surface area contributed by atoms with Gasteiger partial charge in [-0.25, -0.2) is 9.37 Å². The third-order valence-corrected chi connectivity index (χ3v) is 6.04. The molecule has 0 unspecified atom stereocenters. The number of rotatable bonds is 9. The maximum atomic E-state index is 13.4. The number of amides is 2. The molecule has 196 valence electrons. The number of carbonyl (C=O) groups excluding carboxylic acids is 2. The van der Waals surface area contributed by atoms with E-state index in [0.717, 1.165) is 12.8 Å². The van der Waals surface area contributed by atoms with Crippen LogP contribution in [0, 0.1) is 23.6 Å². The molecule has 0 spiro atoms. The molecule has 2 amide bonds. The van der Waals surface area contributed by atoms with Crippen LogP contribution in [0.15, 0.2) is 42.6 Å². The summed E-state index contributed by atoms with van der Waals surface area (Å²) < 4.78 is 13.4. The zero-order valence-electron chi connectivity index (χ0n) is 21.9.